The molecule has 1 N–H and O–H groups in total. The molecule has 0 aliphatic heterocycles. The van der Waals surface area contributed by atoms with Gasteiger partial charge in [-0.25, -0.2) is 8.42 Å². The van der Waals surface area contributed by atoms with Crippen LogP contribution in [0.1, 0.15) is 11.1 Å². The highest BCUT2D eigenvalue weighted by Crippen LogP contribution is 2.36. The minimum absolute atomic E-state index is 0.00360. The third kappa shape index (κ3) is 4.61. The minimum Gasteiger partial charge on any atom is -0.454 e. The zero-order valence-corrected chi connectivity index (χ0v) is 19.0. The van der Waals surface area contributed by atoms with E-state index in [2.05, 4.69) is 9.71 Å². The van der Waals surface area contributed by atoms with Gasteiger partial charge in [-0.3, -0.25) is 9.71 Å². The molecular weight excluding hydrogens is 455 g/mol. The first kappa shape index (κ1) is 21.4. The number of anilines is 1. The fraction of sp³-hybridized carbons (Fsp3) is 0.0870. The van der Waals surface area contributed by atoms with E-state index in [-0.39, 0.29) is 14.9 Å². The fourth-order valence-electron chi connectivity index (χ4n) is 3.18. The predicted molar refractivity (Wildman–Crippen MR) is 125 cm³/mol. The summed E-state index contributed by atoms with van der Waals surface area (Å²) in [5.41, 5.74) is 2.70. The second kappa shape index (κ2) is 8.38. The molecule has 0 radical (unpaired) electrons. The molecule has 31 heavy (non-hydrogen) atoms. The number of aryl methyl sites for hydroxylation is 2. The van der Waals surface area contributed by atoms with Crippen LogP contribution in [0.3, 0.4) is 0 Å². The molecule has 0 fully saturated rings. The zero-order valence-electron chi connectivity index (χ0n) is 16.7. The van der Waals surface area contributed by atoms with Gasteiger partial charge in [-0.05, 0) is 61.4 Å². The Hall–Kier alpha value is -2.80. The Morgan fingerprint density at radius 2 is 1.71 bits per heavy atom. The summed E-state index contributed by atoms with van der Waals surface area (Å²) in [4.78, 5) is 4.37. The number of rotatable bonds is 5. The molecule has 5 nitrogen and oxygen atoms in total. The monoisotopic (exact) mass is 472 g/mol. The Morgan fingerprint density at radius 3 is 2.45 bits per heavy atom. The molecule has 0 amide bonds. The number of sulfonamides is 1. The van der Waals surface area contributed by atoms with Crippen molar-refractivity contribution in [1.82, 2.24) is 4.98 Å². The number of para-hydroxylation sites is 1. The molecule has 0 saturated heterocycles. The first-order chi connectivity index (χ1) is 14.7. The van der Waals surface area contributed by atoms with Gasteiger partial charge in [0, 0.05) is 5.39 Å². The second-order valence-corrected chi connectivity index (χ2v) is 9.57. The summed E-state index contributed by atoms with van der Waals surface area (Å²) in [6.45, 7) is 3.62. The van der Waals surface area contributed by atoms with Gasteiger partial charge in [0.15, 0.2) is 0 Å². The zero-order chi connectivity index (χ0) is 22.2. The number of aromatic nitrogens is 1. The van der Waals surface area contributed by atoms with E-state index in [4.69, 9.17) is 27.9 Å². The van der Waals surface area contributed by atoms with Gasteiger partial charge in [0.25, 0.3) is 10.0 Å². The highest BCUT2D eigenvalue weighted by atomic mass is 35.5. The molecule has 1 aromatic heterocycles. The molecule has 3 aromatic carbocycles. The van der Waals surface area contributed by atoms with Crippen LogP contribution in [0.25, 0.3) is 10.9 Å². The van der Waals surface area contributed by atoms with Crippen LogP contribution in [0.5, 0.6) is 11.5 Å². The van der Waals surface area contributed by atoms with Gasteiger partial charge < -0.3 is 4.74 Å². The van der Waals surface area contributed by atoms with Crippen molar-refractivity contribution in [2.24, 2.45) is 0 Å². The molecular formula is C23H18Cl2N2O3S. The standard InChI is InChI=1S/C23H18Cl2N2O3S/c1-14-7-8-22(19(24)9-14)31(28,29)27-17-10-15(2)23(20(25)12-17)30-18-11-16-5-3-4-6-21(16)26-13-18/h3-13,27H,1-2H3. The number of nitrogens with one attached hydrogen (secondary N) is 1. The van der Waals surface area contributed by atoms with Crippen molar-refractivity contribution in [3.05, 3.63) is 88.0 Å². The average Bonchev–Trinajstić information content (AvgIpc) is 2.70. The predicted octanol–water partition coefficient (Wildman–Crippen LogP) is 6.75. The Bertz CT molecular complexity index is 1380. The van der Waals surface area contributed by atoms with Crippen molar-refractivity contribution >= 4 is 49.8 Å². The number of halogens is 2. The smallest absolute Gasteiger partial charge is 0.263 e. The summed E-state index contributed by atoms with van der Waals surface area (Å²) in [6, 6.07) is 17.5. The van der Waals surface area contributed by atoms with Crippen molar-refractivity contribution in [1.29, 1.82) is 0 Å². The van der Waals surface area contributed by atoms with E-state index in [0.29, 0.717) is 22.7 Å². The van der Waals surface area contributed by atoms with Crippen LogP contribution in [-0.2, 0) is 10.0 Å². The summed E-state index contributed by atoms with van der Waals surface area (Å²) < 4.78 is 34.0. The van der Waals surface area contributed by atoms with Gasteiger partial charge in [-0.1, -0.05) is 47.5 Å². The molecule has 0 unspecified atom stereocenters. The van der Waals surface area contributed by atoms with E-state index in [9.17, 15) is 8.42 Å². The Labute approximate surface area is 190 Å². The van der Waals surface area contributed by atoms with Crippen LogP contribution in [0, 0.1) is 13.8 Å². The number of nitrogens with zero attached hydrogens (tertiary/aromatic N) is 1. The topological polar surface area (TPSA) is 68.3 Å². The summed E-state index contributed by atoms with van der Waals surface area (Å²) in [5.74, 6) is 0.957. The van der Waals surface area contributed by atoms with E-state index in [0.717, 1.165) is 16.5 Å². The third-order valence-electron chi connectivity index (χ3n) is 4.64. The normalized spacial score (nSPS) is 11.5. The maximum absolute atomic E-state index is 12.8. The summed E-state index contributed by atoms with van der Waals surface area (Å²) in [7, 11) is -3.88. The molecule has 8 heteroatoms. The van der Waals surface area contributed by atoms with Crippen LogP contribution in [-0.4, -0.2) is 13.4 Å². The van der Waals surface area contributed by atoms with Crippen molar-refractivity contribution < 1.29 is 13.2 Å². The number of hydrogen-bond acceptors (Lipinski definition) is 4. The van der Waals surface area contributed by atoms with Gasteiger partial charge in [-0.15, -0.1) is 0 Å². The first-order valence-corrected chi connectivity index (χ1v) is 11.6. The highest BCUT2D eigenvalue weighted by molar-refractivity contribution is 7.92. The Morgan fingerprint density at radius 1 is 0.935 bits per heavy atom. The average molecular weight is 473 g/mol. The molecule has 158 valence electrons. The minimum atomic E-state index is -3.88. The number of ether oxygens (including phenoxy) is 1. The van der Waals surface area contributed by atoms with Crippen molar-refractivity contribution in [3.8, 4) is 11.5 Å². The molecule has 0 aliphatic carbocycles. The first-order valence-electron chi connectivity index (χ1n) is 9.35. The lowest BCUT2D eigenvalue weighted by atomic mass is 10.2. The lowest BCUT2D eigenvalue weighted by molar-refractivity contribution is 0.478. The summed E-state index contributed by atoms with van der Waals surface area (Å²) in [5, 5.41) is 1.35. The maximum Gasteiger partial charge on any atom is 0.263 e. The number of pyridine rings is 1. The van der Waals surface area contributed by atoms with Gasteiger partial charge >= 0.3 is 0 Å². The summed E-state index contributed by atoms with van der Waals surface area (Å²) >= 11 is 12.6. The van der Waals surface area contributed by atoms with E-state index < -0.39 is 10.0 Å². The van der Waals surface area contributed by atoms with Gasteiger partial charge in [0.2, 0.25) is 0 Å². The van der Waals surface area contributed by atoms with Crippen molar-refractivity contribution in [2.45, 2.75) is 18.7 Å². The lowest BCUT2D eigenvalue weighted by Gasteiger charge is -2.15. The van der Waals surface area contributed by atoms with Crippen molar-refractivity contribution in [3.63, 3.8) is 0 Å². The Balaban J connectivity index is 1.62. The molecule has 0 spiro atoms. The number of fused-ring (bicyclic) bond motifs is 1. The molecule has 0 bridgehead atoms. The largest absolute Gasteiger partial charge is 0.454 e. The van der Waals surface area contributed by atoms with Crippen LogP contribution in [0.15, 0.2) is 71.8 Å². The van der Waals surface area contributed by atoms with Gasteiger partial charge in [0.05, 0.1) is 27.4 Å². The third-order valence-corrected chi connectivity index (χ3v) is 6.79. The highest BCUT2D eigenvalue weighted by Gasteiger charge is 2.19. The van der Waals surface area contributed by atoms with E-state index >= 15 is 0 Å². The van der Waals surface area contributed by atoms with E-state index in [1.807, 2.05) is 37.3 Å². The van der Waals surface area contributed by atoms with E-state index in [1.165, 1.54) is 12.1 Å². The van der Waals surface area contributed by atoms with Crippen LogP contribution >= 0.6 is 23.2 Å². The van der Waals surface area contributed by atoms with Gasteiger partial charge in [0.1, 0.15) is 16.4 Å². The SMILES string of the molecule is Cc1ccc(S(=O)(=O)Nc2cc(C)c(Oc3cnc4ccccc4c3)c(Cl)c2)c(Cl)c1. The quantitative estimate of drug-likeness (QED) is 0.348. The van der Waals surface area contributed by atoms with Crippen molar-refractivity contribution in [2.75, 3.05) is 4.72 Å². The molecule has 0 aliphatic rings. The van der Waals surface area contributed by atoms with Crippen LogP contribution in [0.4, 0.5) is 5.69 Å². The maximum atomic E-state index is 12.8. The molecule has 0 atom stereocenters. The molecule has 1 heterocycles. The second-order valence-electron chi connectivity index (χ2n) is 7.11. The molecule has 4 aromatic rings. The fourth-order valence-corrected chi connectivity index (χ4v) is 5.12. The number of hydrogen-bond donors (Lipinski definition) is 1. The molecule has 0 saturated carbocycles. The Kier molecular flexibility index (Phi) is 5.79. The molecule has 4 rings (SSSR count). The lowest BCUT2D eigenvalue weighted by Crippen LogP contribution is -2.13. The van der Waals surface area contributed by atoms with Gasteiger partial charge in [-0.2, -0.15) is 0 Å². The van der Waals surface area contributed by atoms with Crippen LogP contribution in [0.2, 0.25) is 10.0 Å². The van der Waals surface area contributed by atoms with E-state index in [1.54, 1.807) is 31.3 Å². The summed E-state index contributed by atoms with van der Waals surface area (Å²) in [6.07, 6.45) is 1.62. The van der Waals surface area contributed by atoms with Crippen LogP contribution < -0.4 is 9.46 Å². The number of benzene rings is 3.